The molecule has 3 aliphatic rings. The molecule has 3 fully saturated rings. The molecule has 7 nitrogen and oxygen atoms in total. The number of hydrogen-bond acceptors (Lipinski definition) is 5. The van der Waals surface area contributed by atoms with Gasteiger partial charge < -0.3 is 10.1 Å². The highest BCUT2D eigenvalue weighted by atomic mass is 32.2. The molecule has 0 unspecified atom stereocenters. The number of nitrogens with two attached hydrogens (primary N) is 1. The maximum atomic E-state index is 12.6. The van der Waals surface area contributed by atoms with E-state index in [0.29, 0.717) is 11.5 Å². The summed E-state index contributed by atoms with van der Waals surface area (Å²) in [6, 6.07) is 6.08. The first-order valence-electron chi connectivity index (χ1n) is 8.74. The molecular formula is C17H23N3O4S. The Morgan fingerprint density at radius 3 is 2.52 bits per heavy atom. The van der Waals surface area contributed by atoms with Crippen LogP contribution in [0.1, 0.15) is 29.6 Å². The Balaban J connectivity index is 1.47. The molecule has 0 bridgehead atoms. The molecule has 25 heavy (non-hydrogen) atoms. The van der Waals surface area contributed by atoms with Crippen LogP contribution in [0, 0.1) is 5.92 Å². The SMILES string of the molecule is NS(=O)(=O)c1ccc(C(=O)N[C@H]2[C@H]3CCO[C@H]3[C@@H]2N2CCCC2)cc1. The zero-order valence-electron chi connectivity index (χ0n) is 13.9. The summed E-state index contributed by atoms with van der Waals surface area (Å²) in [5.74, 6) is 0.193. The normalized spacial score (nSPS) is 32.2. The van der Waals surface area contributed by atoms with Gasteiger partial charge in [0.1, 0.15) is 0 Å². The van der Waals surface area contributed by atoms with Crippen molar-refractivity contribution in [1.82, 2.24) is 10.2 Å². The molecule has 1 saturated carbocycles. The van der Waals surface area contributed by atoms with Gasteiger partial charge in [-0.05, 0) is 56.6 Å². The number of primary sulfonamides is 1. The van der Waals surface area contributed by atoms with Gasteiger partial charge in [0.25, 0.3) is 5.91 Å². The predicted octanol–water partition coefficient (Wildman–Crippen LogP) is 0.316. The standard InChI is InChI=1S/C17H23N3O4S/c18-25(22,23)12-5-3-11(4-6-12)17(21)19-14-13-7-10-24-16(13)15(14)20-8-1-2-9-20/h3-6,13-16H,1-2,7-10H2,(H,19,21)(H2,18,22,23)/t13-,14+,15-,16-/m1/s1. The van der Waals surface area contributed by atoms with Crippen LogP contribution in [0.5, 0.6) is 0 Å². The third-order valence-corrected chi connectivity index (χ3v) is 6.58. The Morgan fingerprint density at radius 2 is 1.88 bits per heavy atom. The van der Waals surface area contributed by atoms with E-state index in [2.05, 4.69) is 10.2 Å². The molecule has 2 aliphatic heterocycles. The van der Waals surface area contributed by atoms with Gasteiger partial charge in [-0.25, -0.2) is 13.6 Å². The van der Waals surface area contributed by atoms with Crippen molar-refractivity contribution in [2.24, 2.45) is 11.1 Å². The van der Waals surface area contributed by atoms with Crippen LogP contribution in [-0.4, -0.2) is 57.1 Å². The molecule has 0 aromatic heterocycles. The zero-order valence-corrected chi connectivity index (χ0v) is 14.7. The number of nitrogens with one attached hydrogen (secondary N) is 1. The van der Waals surface area contributed by atoms with Crippen molar-refractivity contribution in [2.45, 2.75) is 42.3 Å². The molecule has 136 valence electrons. The molecule has 1 aliphatic carbocycles. The van der Waals surface area contributed by atoms with Crippen LogP contribution in [-0.2, 0) is 14.8 Å². The van der Waals surface area contributed by atoms with Gasteiger partial charge >= 0.3 is 0 Å². The molecule has 4 rings (SSSR count). The second-order valence-corrected chi connectivity index (χ2v) is 8.65. The second kappa shape index (κ2) is 6.35. The molecule has 8 heteroatoms. The van der Waals surface area contributed by atoms with E-state index in [9.17, 15) is 13.2 Å². The van der Waals surface area contributed by atoms with Crippen LogP contribution in [0.2, 0.25) is 0 Å². The molecule has 1 aromatic carbocycles. The van der Waals surface area contributed by atoms with Crippen LogP contribution in [0.15, 0.2) is 29.2 Å². The molecule has 3 N–H and O–H groups in total. The van der Waals surface area contributed by atoms with Gasteiger partial charge in [-0.2, -0.15) is 0 Å². The first-order chi connectivity index (χ1) is 11.9. The number of ether oxygens (including phenoxy) is 1. The van der Waals surface area contributed by atoms with Crippen molar-refractivity contribution < 1.29 is 17.9 Å². The largest absolute Gasteiger partial charge is 0.376 e. The van der Waals surface area contributed by atoms with Gasteiger partial charge in [0.05, 0.1) is 23.1 Å². The fraction of sp³-hybridized carbons (Fsp3) is 0.588. The lowest BCUT2D eigenvalue weighted by Crippen LogP contribution is -2.70. The number of carbonyl (C=O) groups excluding carboxylic acids is 1. The number of rotatable bonds is 4. The topological polar surface area (TPSA) is 102 Å². The van der Waals surface area contributed by atoms with Crippen molar-refractivity contribution in [3.05, 3.63) is 29.8 Å². The van der Waals surface area contributed by atoms with Crippen LogP contribution in [0.25, 0.3) is 0 Å². The van der Waals surface area contributed by atoms with Crippen LogP contribution in [0.3, 0.4) is 0 Å². The van der Waals surface area contributed by atoms with E-state index < -0.39 is 10.0 Å². The lowest BCUT2D eigenvalue weighted by atomic mass is 9.70. The van der Waals surface area contributed by atoms with E-state index >= 15 is 0 Å². The zero-order chi connectivity index (χ0) is 17.6. The third-order valence-electron chi connectivity index (χ3n) is 5.65. The third kappa shape index (κ3) is 3.08. The lowest BCUT2D eigenvalue weighted by Gasteiger charge is -2.51. The fourth-order valence-corrected chi connectivity index (χ4v) is 4.89. The first kappa shape index (κ1) is 17.0. The second-order valence-electron chi connectivity index (χ2n) is 7.09. The Labute approximate surface area is 147 Å². The number of hydrogen-bond donors (Lipinski definition) is 2. The number of fused-ring (bicyclic) bond motifs is 1. The number of nitrogens with zero attached hydrogens (tertiary/aromatic N) is 1. The van der Waals surface area contributed by atoms with Crippen LogP contribution in [0.4, 0.5) is 0 Å². The highest BCUT2D eigenvalue weighted by molar-refractivity contribution is 7.89. The quantitative estimate of drug-likeness (QED) is 0.800. The Kier molecular flexibility index (Phi) is 4.31. The summed E-state index contributed by atoms with van der Waals surface area (Å²) in [6.07, 6.45) is 3.60. The van der Waals surface area contributed by atoms with Crippen molar-refractivity contribution in [3.63, 3.8) is 0 Å². The number of carbonyl (C=O) groups is 1. The summed E-state index contributed by atoms with van der Waals surface area (Å²) in [5.41, 5.74) is 0.440. The molecule has 4 atom stereocenters. The minimum Gasteiger partial charge on any atom is -0.376 e. The highest BCUT2D eigenvalue weighted by Gasteiger charge is 2.56. The summed E-state index contributed by atoms with van der Waals surface area (Å²) < 4.78 is 28.5. The fourth-order valence-electron chi connectivity index (χ4n) is 4.37. The summed E-state index contributed by atoms with van der Waals surface area (Å²) in [6.45, 7) is 2.88. The van der Waals surface area contributed by atoms with Gasteiger partial charge in [-0.1, -0.05) is 0 Å². The molecule has 1 aromatic rings. The van der Waals surface area contributed by atoms with Crippen molar-refractivity contribution in [1.29, 1.82) is 0 Å². The number of benzene rings is 1. The Morgan fingerprint density at radius 1 is 1.20 bits per heavy atom. The number of amides is 1. The van der Waals surface area contributed by atoms with Gasteiger partial charge in [0.15, 0.2) is 0 Å². The summed E-state index contributed by atoms with van der Waals surface area (Å²) in [7, 11) is -3.75. The number of sulfonamides is 1. The minimum absolute atomic E-state index is 0.00638. The molecule has 2 saturated heterocycles. The smallest absolute Gasteiger partial charge is 0.251 e. The predicted molar refractivity (Wildman–Crippen MR) is 91.5 cm³/mol. The van der Waals surface area contributed by atoms with Gasteiger partial charge in [-0.3, -0.25) is 9.69 Å². The molecule has 0 spiro atoms. The van der Waals surface area contributed by atoms with E-state index in [1.165, 1.54) is 37.1 Å². The monoisotopic (exact) mass is 365 g/mol. The molecule has 0 radical (unpaired) electrons. The molecule has 2 heterocycles. The maximum absolute atomic E-state index is 12.6. The molecule has 1 amide bonds. The maximum Gasteiger partial charge on any atom is 0.251 e. The summed E-state index contributed by atoms with van der Waals surface area (Å²) >= 11 is 0. The van der Waals surface area contributed by atoms with E-state index in [1.54, 1.807) is 0 Å². The Hall–Kier alpha value is -1.48. The number of likely N-dealkylation sites (tertiary alicyclic amines) is 1. The van der Waals surface area contributed by atoms with Gasteiger partial charge in [0, 0.05) is 18.1 Å². The van der Waals surface area contributed by atoms with E-state index in [4.69, 9.17) is 9.88 Å². The highest BCUT2D eigenvalue weighted by Crippen LogP contribution is 2.42. The van der Waals surface area contributed by atoms with E-state index in [-0.39, 0.29) is 29.0 Å². The van der Waals surface area contributed by atoms with Crippen molar-refractivity contribution >= 4 is 15.9 Å². The van der Waals surface area contributed by atoms with Gasteiger partial charge in [0.2, 0.25) is 10.0 Å². The van der Waals surface area contributed by atoms with E-state index in [0.717, 1.165) is 26.1 Å². The van der Waals surface area contributed by atoms with Crippen LogP contribution >= 0.6 is 0 Å². The van der Waals surface area contributed by atoms with Crippen molar-refractivity contribution in [3.8, 4) is 0 Å². The minimum atomic E-state index is -3.75. The summed E-state index contributed by atoms with van der Waals surface area (Å²) in [4.78, 5) is 15.0. The van der Waals surface area contributed by atoms with Crippen LogP contribution < -0.4 is 10.5 Å². The van der Waals surface area contributed by atoms with Crippen molar-refractivity contribution in [2.75, 3.05) is 19.7 Å². The lowest BCUT2D eigenvalue weighted by molar-refractivity contribution is -0.0747. The summed E-state index contributed by atoms with van der Waals surface area (Å²) in [5, 5.41) is 8.24. The average molecular weight is 365 g/mol. The van der Waals surface area contributed by atoms with Gasteiger partial charge in [-0.15, -0.1) is 0 Å². The van der Waals surface area contributed by atoms with E-state index in [1.807, 2.05) is 0 Å². The first-order valence-corrected chi connectivity index (χ1v) is 10.3. The molecular weight excluding hydrogens is 342 g/mol. The Bertz CT molecular complexity index is 754. The average Bonchev–Trinajstić information content (AvgIpc) is 3.23.